The van der Waals surface area contributed by atoms with E-state index in [2.05, 4.69) is 30.7 Å². The van der Waals surface area contributed by atoms with Crippen LogP contribution in [0.25, 0.3) is 0 Å². The Morgan fingerprint density at radius 3 is 2.89 bits per heavy atom. The number of nitrogens with zero attached hydrogens (tertiary/aromatic N) is 6. The van der Waals surface area contributed by atoms with Gasteiger partial charge in [-0.15, -0.1) is 0 Å². The number of rotatable bonds is 5. The highest BCUT2D eigenvalue weighted by Crippen LogP contribution is 2.29. The van der Waals surface area contributed by atoms with Gasteiger partial charge in [-0.25, -0.2) is 9.97 Å². The van der Waals surface area contributed by atoms with E-state index >= 15 is 0 Å². The molecular weight excluding hydrogens is 380 g/mol. The number of pyridine rings is 1. The molecule has 3 aromatic rings. The number of nitrogens with one attached hydrogen (secondary N) is 2. The third kappa shape index (κ3) is 3.89. The van der Waals surface area contributed by atoms with Crippen molar-refractivity contribution in [1.29, 1.82) is 0 Å². The Labute approximate surface area is 166 Å². The molecule has 0 saturated heterocycles. The third-order valence-corrected chi connectivity index (χ3v) is 4.57. The maximum absolute atomic E-state index is 11.7. The Morgan fingerprint density at radius 1 is 1.25 bits per heavy atom. The Morgan fingerprint density at radius 2 is 2.11 bits per heavy atom. The van der Waals surface area contributed by atoms with Gasteiger partial charge in [0.05, 0.1) is 25.0 Å². The number of aryl methyl sites for hydroxylation is 1. The number of likely N-dealkylation sites (N-methyl/N-ethyl adjacent to an activating group) is 1. The van der Waals surface area contributed by atoms with E-state index in [1.807, 2.05) is 35.8 Å². The minimum Gasteiger partial charge on any atom is -0.350 e. The first-order valence-electron chi connectivity index (χ1n) is 8.73. The highest BCUT2D eigenvalue weighted by molar-refractivity contribution is 6.29. The van der Waals surface area contributed by atoms with Crippen LogP contribution in [-0.2, 0) is 17.9 Å². The van der Waals surface area contributed by atoms with Crippen LogP contribution in [0.15, 0.2) is 30.7 Å². The van der Waals surface area contributed by atoms with Crippen LogP contribution in [0.3, 0.4) is 0 Å². The molecule has 1 amide bonds. The van der Waals surface area contributed by atoms with Crippen LogP contribution in [0.4, 0.5) is 17.5 Å². The second-order valence-corrected chi connectivity index (χ2v) is 7.01. The molecule has 0 unspecified atom stereocenters. The normalized spacial score (nSPS) is 13.2. The number of fused-ring (bicyclic) bond motifs is 1. The van der Waals surface area contributed by atoms with E-state index in [9.17, 15) is 4.79 Å². The first kappa shape index (κ1) is 18.2. The fraction of sp³-hybridized carbons (Fsp3) is 0.278. The Hall–Kier alpha value is -3.20. The molecule has 1 aliphatic heterocycles. The fourth-order valence-electron chi connectivity index (χ4n) is 2.98. The van der Waals surface area contributed by atoms with Crippen LogP contribution in [0.2, 0.25) is 5.15 Å². The molecule has 0 spiro atoms. The van der Waals surface area contributed by atoms with E-state index < -0.39 is 0 Å². The van der Waals surface area contributed by atoms with Crippen molar-refractivity contribution in [3.8, 4) is 0 Å². The van der Waals surface area contributed by atoms with Crippen LogP contribution in [0, 0.1) is 6.92 Å². The zero-order chi connectivity index (χ0) is 19.7. The third-order valence-electron chi connectivity index (χ3n) is 4.35. The number of carbonyl (C=O) groups excluding carboxylic acids is 1. The van der Waals surface area contributed by atoms with E-state index in [0.29, 0.717) is 35.7 Å². The van der Waals surface area contributed by atoms with Crippen LogP contribution in [0.1, 0.15) is 16.8 Å². The first-order chi connectivity index (χ1) is 13.5. The SMILES string of the molecule is Cc1nc(NCc2cnn(Cc3ccc(Cl)nc3)c2)nc2c1NC(=O)CN2C. The lowest BCUT2D eigenvalue weighted by molar-refractivity contribution is -0.115. The lowest BCUT2D eigenvalue weighted by Gasteiger charge is -2.27. The van der Waals surface area contributed by atoms with Gasteiger partial charge in [0.1, 0.15) is 10.8 Å². The van der Waals surface area contributed by atoms with Crippen molar-refractivity contribution in [2.24, 2.45) is 0 Å². The molecule has 4 rings (SSSR count). The van der Waals surface area contributed by atoms with Gasteiger partial charge < -0.3 is 15.5 Å². The molecule has 0 aliphatic carbocycles. The predicted molar refractivity (Wildman–Crippen MR) is 107 cm³/mol. The summed E-state index contributed by atoms with van der Waals surface area (Å²) in [7, 11) is 1.84. The van der Waals surface area contributed by atoms with Gasteiger partial charge in [0.15, 0.2) is 5.82 Å². The van der Waals surface area contributed by atoms with E-state index in [1.165, 1.54) is 0 Å². The lowest BCUT2D eigenvalue weighted by atomic mass is 10.2. The van der Waals surface area contributed by atoms with Gasteiger partial charge in [0, 0.05) is 31.5 Å². The van der Waals surface area contributed by atoms with Crippen molar-refractivity contribution < 1.29 is 4.79 Å². The molecule has 1 aliphatic rings. The molecule has 4 heterocycles. The van der Waals surface area contributed by atoms with Gasteiger partial charge in [-0.3, -0.25) is 9.48 Å². The van der Waals surface area contributed by atoms with Gasteiger partial charge in [0.25, 0.3) is 0 Å². The molecule has 0 atom stereocenters. The Bertz CT molecular complexity index is 1020. The minimum atomic E-state index is -0.0642. The minimum absolute atomic E-state index is 0.0642. The number of hydrogen-bond acceptors (Lipinski definition) is 7. The van der Waals surface area contributed by atoms with Crippen LogP contribution in [-0.4, -0.2) is 44.2 Å². The molecule has 9 nitrogen and oxygen atoms in total. The van der Waals surface area contributed by atoms with Crippen molar-refractivity contribution in [3.05, 3.63) is 52.7 Å². The molecule has 2 N–H and O–H groups in total. The van der Waals surface area contributed by atoms with Crippen molar-refractivity contribution >= 4 is 35.0 Å². The van der Waals surface area contributed by atoms with Crippen molar-refractivity contribution in [2.45, 2.75) is 20.0 Å². The topological polar surface area (TPSA) is 101 Å². The summed E-state index contributed by atoms with van der Waals surface area (Å²) in [5.74, 6) is 1.15. The van der Waals surface area contributed by atoms with Gasteiger partial charge in [-0.05, 0) is 18.6 Å². The summed E-state index contributed by atoms with van der Waals surface area (Å²) in [5.41, 5.74) is 3.40. The first-order valence-corrected chi connectivity index (χ1v) is 9.11. The molecule has 0 radical (unpaired) electrons. The predicted octanol–water partition coefficient (Wildman–Crippen LogP) is 2.08. The van der Waals surface area contributed by atoms with E-state index in [4.69, 9.17) is 11.6 Å². The standard InChI is InChI=1S/C18H19ClN8O/c1-11-16-17(26(2)10-15(28)24-16)25-18(23-11)21-6-13-7-22-27(9-13)8-12-3-4-14(19)20-5-12/h3-5,7,9H,6,8,10H2,1-2H3,(H,24,28)(H,21,23,25). The number of carbonyl (C=O) groups is 1. The summed E-state index contributed by atoms with van der Waals surface area (Å²) >= 11 is 5.81. The second kappa shape index (κ2) is 7.43. The van der Waals surface area contributed by atoms with Crippen LogP contribution >= 0.6 is 11.6 Å². The fourth-order valence-corrected chi connectivity index (χ4v) is 3.09. The number of aromatic nitrogens is 5. The summed E-state index contributed by atoms with van der Waals surface area (Å²) in [5, 5.41) is 10.9. The largest absolute Gasteiger partial charge is 0.350 e. The number of amides is 1. The second-order valence-electron chi connectivity index (χ2n) is 6.62. The van der Waals surface area contributed by atoms with Crippen LogP contribution < -0.4 is 15.5 Å². The molecule has 144 valence electrons. The van der Waals surface area contributed by atoms with Crippen molar-refractivity contribution in [3.63, 3.8) is 0 Å². The molecule has 3 aromatic heterocycles. The van der Waals surface area contributed by atoms with Gasteiger partial charge >= 0.3 is 0 Å². The van der Waals surface area contributed by atoms with E-state index in [0.717, 1.165) is 16.8 Å². The summed E-state index contributed by atoms with van der Waals surface area (Å²) in [6.07, 6.45) is 5.49. The van der Waals surface area contributed by atoms with Gasteiger partial charge in [0.2, 0.25) is 11.9 Å². The molecule has 0 saturated carbocycles. The van der Waals surface area contributed by atoms with Gasteiger partial charge in [-0.2, -0.15) is 10.1 Å². The molecule has 0 aromatic carbocycles. The summed E-state index contributed by atoms with van der Waals surface area (Å²) in [6, 6.07) is 3.69. The zero-order valence-electron chi connectivity index (χ0n) is 15.5. The Kier molecular flexibility index (Phi) is 4.82. The molecule has 10 heteroatoms. The summed E-state index contributed by atoms with van der Waals surface area (Å²) in [4.78, 5) is 26.5. The maximum Gasteiger partial charge on any atom is 0.244 e. The van der Waals surface area contributed by atoms with E-state index in [1.54, 1.807) is 18.5 Å². The summed E-state index contributed by atoms with van der Waals surface area (Å²) < 4.78 is 1.84. The quantitative estimate of drug-likeness (QED) is 0.634. The zero-order valence-corrected chi connectivity index (χ0v) is 16.2. The monoisotopic (exact) mass is 398 g/mol. The van der Waals surface area contributed by atoms with E-state index in [-0.39, 0.29) is 12.5 Å². The maximum atomic E-state index is 11.7. The Balaban J connectivity index is 1.43. The number of hydrogen-bond donors (Lipinski definition) is 2. The molecule has 0 fully saturated rings. The number of anilines is 3. The smallest absolute Gasteiger partial charge is 0.244 e. The molecule has 28 heavy (non-hydrogen) atoms. The average Bonchev–Trinajstić information content (AvgIpc) is 3.10. The highest BCUT2D eigenvalue weighted by atomic mass is 35.5. The van der Waals surface area contributed by atoms with Crippen molar-refractivity contribution in [1.82, 2.24) is 24.7 Å². The molecule has 0 bridgehead atoms. The average molecular weight is 399 g/mol. The lowest BCUT2D eigenvalue weighted by Crippen LogP contribution is -2.36. The van der Waals surface area contributed by atoms with Crippen molar-refractivity contribution in [2.75, 3.05) is 29.1 Å². The molecular formula is C18H19ClN8O. The van der Waals surface area contributed by atoms with Gasteiger partial charge in [-0.1, -0.05) is 17.7 Å². The number of halogens is 1. The summed E-state index contributed by atoms with van der Waals surface area (Å²) in [6.45, 7) is 3.27. The highest BCUT2D eigenvalue weighted by Gasteiger charge is 2.23. The van der Waals surface area contributed by atoms with Crippen LogP contribution in [0.5, 0.6) is 0 Å².